The predicted octanol–water partition coefficient (Wildman–Crippen LogP) is -2.59. The summed E-state index contributed by atoms with van der Waals surface area (Å²) >= 11 is 0. The third kappa shape index (κ3) is 1.24. The Labute approximate surface area is 73.4 Å². The molecule has 8 nitrogen and oxygen atoms in total. The molecule has 2 saturated heterocycles. The van der Waals surface area contributed by atoms with Crippen molar-refractivity contribution < 1.29 is 9.72 Å². The number of amides is 1. The molecule has 72 valence electrons. The molecule has 2 aliphatic heterocycles. The minimum atomic E-state index is -1.18. The van der Waals surface area contributed by atoms with Crippen molar-refractivity contribution in [2.24, 2.45) is 0 Å². The first kappa shape index (κ1) is 8.35. The quantitative estimate of drug-likeness (QED) is 0.308. The molecule has 2 atom stereocenters. The maximum Gasteiger partial charge on any atom is 0.315 e. The molecule has 8 heteroatoms. The zero-order valence-electron chi connectivity index (χ0n) is 6.69. The van der Waals surface area contributed by atoms with Crippen LogP contribution in [0.3, 0.4) is 0 Å². The SMILES string of the molecule is O=C1C([N+](=O)[O-])CNC2NCNN12. The first-order valence-electron chi connectivity index (χ1n) is 3.87. The van der Waals surface area contributed by atoms with E-state index in [1.807, 2.05) is 0 Å². The number of hydrogen-bond donors (Lipinski definition) is 3. The molecule has 2 unspecified atom stereocenters. The van der Waals surface area contributed by atoms with Crippen molar-refractivity contribution in [2.45, 2.75) is 12.3 Å². The van der Waals surface area contributed by atoms with Crippen LogP contribution in [0.4, 0.5) is 0 Å². The van der Waals surface area contributed by atoms with Gasteiger partial charge in [0.05, 0.1) is 13.2 Å². The Morgan fingerprint density at radius 3 is 3.00 bits per heavy atom. The number of hydrazine groups is 1. The number of nitrogens with zero attached hydrogens (tertiary/aromatic N) is 2. The molecule has 0 aliphatic carbocycles. The molecule has 0 spiro atoms. The van der Waals surface area contributed by atoms with Gasteiger partial charge in [-0.05, 0) is 0 Å². The van der Waals surface area contributed by atoms with Crippen LogP contribution >= 0.6 is 0 Å². The molecular formula is C5H9N5O3. The number of fused-ring (bicyclic) bond motifs is 1. The first-order valence-corrected chi connectivity index (χ1v) is 3.87. The topological polar surface area (TPSA) is 99.5 Å². The van der Waals surface area contributed by atoms with E-state index in [0.717, 1.165) is 0 Å². The largest absolute Gasteiger partial charge is 0.315 e. The third-order valence-corrected chi connectivity index (χ3v) is 2.08. The summed E-state index contributed by atoms with van der Waals surface area (Å²) < 4.78 is 0. The zero-order chi connectivity index (χ0) is 9.42. The van der Waals surface area contributed by atoms with Gasteiger partial charge in [0, 0.05) is 4.92 Å². The van der Waals surface area contributed by atoms with Crippen LogP contribution in [0.2, 0.25) is 0 Å². The Bertz CT molecular complexity index is 257. The van der Waals surface area contributed by atoms with E-state index in [9.17, 15) is 14.9 Å². The second kappa shape index (κ2) is 2.91. The Morgan fingerprint density at radius 1 is 1.54 bits per heavy atom. The fourth-order valence-electron chi connectivity index (χ4n) is 1.41. The van der Waals surface area contributed by atoms with Crippen LogP contribution in [-0.4, -0.2) is 41.4 Å². The maximum absolute atomic E-state index is 11.4. The van der Waals surface area contributed by atoms with E-state index in [1.54, 1.807) is 0 Å². The Hall–Kier alpha value is -1.25. The molecule has 13 heavy (non-hydrogen) atoms. The van der Waals surface area contributed by atoms with Crippen LogP contribution in [0.25, 0.3) is 0 Å². The lowest BCUT2D eigenvalue weighted by molar-refractivity contribution is -0.509. The van der Waals surface area contributed by atoms with Crippen LogP contribution in [-0.2, 0) is 4.79 Å². The van der Waals surface area contributed by atoms with Crippen molar-refractivity contribution in [3.8, 4) is 0 Å². The fraction of sp³-hybridized carbons (Fsp3) is 0.800. The lowest BCUT2D eigenvalue weighted by Gasteiger charge is -2.29. The van der Waals surface area contributed by atoms with Gasteiger partial charge in [0.1, 0.15) is 0 Å². The van der Waals surface area contributed by atoms with Crippen molar-refractivity contribution in [1.29, 1.82) is 0 Å². The van der Waals surface area contributed by atoms with E-state index < -0.39 is 16.9 Å². The summed E-state index contributed by atoms with van der Waals surface area (Å²) in [4.78, 5) is 21.2. The minimum Gasteiger partial charge on any atom is -0.276 e. The third-order valence-electron chi connectivity index (χ3n) is 2.08. The van der Waals surface area contributed by atoms with Gasteiger partial charge < -0.3 is 0 Å². The molecule has 2 fully saturated rings. The predicted molar refractivity (Wildman–Crippen MR) is 40.6 cm³/mol. The minimum absolute atomic E-state index is 0.0711. The number of rotatable bonds is 1. The van der Waals surface area contributed by atoms with Gasteiger partial charge in [0.15, 0.2) is 6.29 Å². The van der Waals surface area contributed by atoms with Crippen molar-refractivity contribution in [3.63, 3.8) is 0 Å². The van der Waals surface area contributed by atoms with Crippen LogP contribution in [0.15, 0.2) is 0 Å². The molecule has 0 radical (unpaired) electrons. The molecule has 1 amide bonds. The molecule has 0 saturated carbocycles. The molecular weight excluding hydrogens is 178 g/mol. The number of carbonyl (C=O) groups excluding carboxylic acids is 1. The molecule has 2 aliphatic rings. The van der Waals surface area contributed by atoms with E-state index in [1.165, 1.54) is 5.01 Å². The van der Waals surface area contributed by atoms with E-state index in [0.29, 0.717) is 6.67 Å². The van der Waals surface area contributed by atoms with Crippen LogP contribution in [0, 0.1) is 10.1 Å². The Balaban J connectivity index is 2.13. The van der Waals surface area contributed by atoms with Crippen molar-refractivity contribution >= 4 is 5.91 Å². The highest BCUT2D eigenvalue weighted by atomic mass is 16.6. The van der Waals surface area contributed by atoms with E-state index in [4.69, 9.17) is 0 Å². The van der Waals surface area contributed by atoms with Crippen LogP contribution in [0.5, 0.6) is 0 Å². The molecule has 0 aromatic carbocycles. The van der Waals surface area contributed by atoms with Gasteiger partial charge >= 0.3 is 11.9 Å². The first-order chi connectivity index (χ1) is 6.20. The standard InChI is InChI=1S/C5H9N5O3/c11-4-3(10(12)13)1-6-5-7-2-8-9(4)5/h3,5-8H,1-2H2. The van der Waals surface area contributed by atoms with Gasteiger partial charge in [-0.3, -0.25) is 25.5 Å². The zero-order valence-corrected chi connectivity index (χ0v) is 6.69. The molecule has 0 aromatic heterocycles. The summed E-state index contributed by atoms with van der Waals surface area (Å²) in [5.41, 5.74) is 2.70. The van der Waals surface area contributed by atoms with E-state index in [2.05, 4.69) is 16.1 Å². The van der Waals surface area contributed by atoms with Crippen molar-refractivity contribution in [3.05, 3.63) is 10.1 Å². The lowest BCUT2D eigenvalue weighted by atomic mass is 10.2. The highest BCUT2D eigenvalue weighted by Crippen LogP contribution is 2.07. The van der Waals surface area contributed by atoms with Crippen molar-refractivity contribution in [2.75, 3.05) is 13.2 Å². The van der Waals surface area contributed by atoms with Gasteiger partial charge in [0.2, 0.25) is 0 Å². The smallest absolute Gasteiger partial charge is 0.276 e. The number of nitro groups is 1. The van der Waals surface area contributed by atoms with Crippen LogP contribution in [0.1, 0.15) is 0 Å². The van der Waals surface area contributed by atoms with Gasteiger partial charge in [-0.1, -0.05) is 0 Å². The van der Waals surface area contributed by atoms with E-state index >= 15 is 0 Å². The number of carbonyl (C=O) groups is 1. The maximum atomic E-state index is 11.4. The molecule has 0 bridgehead atoms. The summed E-state index contributed by atoms with van der Waals surface area (Å²) in [6.07, 6.45) is -0.316. The van der Waals surface area contributed by atoms with Gasteiger partial charge in [-0.2, -0.15) is 0 Å². The van der Waals surface area contributed by atoms with Gasteiger partial charge in [0.25, 0.3) is 0 Å². The summed E-state index contributed by atoms with van der Waals surface area (Å²) in [5.74, 6) is -0.501. The molecule has 2 heterocycles. The normalized spacial score (nSPS) is 33.2. The van der Waals surface area contributed by atoms with Gasteiger partial charge in [-0.15, -0.1) is 0 Å². The van der Waals surface area contributed by atoms with Gasteiger partial charge in [-0.25, -0.2) is 10.4 Å². The fourth-order valence-corrected chi connectivity index (χ4v) is 1.41. The Kier molecular flexibility index (Phi) is 1.87. The second-order valence-electron chi connectivity index (χ2n) is 2.86. The summed E-state index contributed by atoms with van der Waals surface area (Å²) in [6.45, 7) is 0.509. The van der Waals surface area contributed by atoms with E-state index in [-0.39, 0.29) is 12.8 Å². The average Bonchev–Trinajstić information content (AvgIpc) is 2.52. The Morgan fingerprint density at radius 2 is 2.31 bits per heavy atom. The molecule has 2 rings (SSSR count). The summed E-state index contributed by atoms with van der Waals surface area (Å²) in [5, 5.41) is 17.4. The second-order valence-corrected chi connectivity index (χ2v) is 2.86. The monoisotopic (exact) mass is 187 g/mol. The molecule has 0 aromatic rings. The average molecular weight is 187 g/mol. The van der Waals surface area contributed by atoms with Crippen molar-refractivity contribution in [1.82, 2.24) is 21.1 Å². The highest BCUT2D eigenvalue weighted by molar-refractivity contribution is 5.81. The van der Waals surface area contributed by atoms with Crippen LogP contribution < -0.4 is 16.1 Å². The number of hydrogen-bond acceptors (Lipinski definition) is 6. The lowest BCUT2D eigenvalue weighted by Crippen LogP contribution is -2.64. The highest BCUT2D eigenvalue weighted by Gasteiger charge is 2.44. The summed E-state index contributed by atoms with van der Waals surface area (Å²) in [7, 11) is 0. The summed E-state index contributed by atoms with van der Waals surface area (Å²) in [6, 6.07) is -1.18. The molecule has 3 N–H and O–H groups in total. The number of nitrogens with one attached hydrogen (secondary N) is 3.